The van der Waals surface area contributed by atoms with Crippen LogP contribution in [-0.4, -0.2) is 11.4 Å². The van der Waals surface area contributed by atoms with E-state index in [1.807, 2.05) is 0 Å². The van der Waals surface area contributed by atoms with E-state index in [1.165, 1.54) is 6.39 Å². The smallest absolute Gasteiger partial charge is 0.211 e. The van der Waals surface area contributed by atoms with Gasteiger partial charge in [0, 0.05) is 6.07 Å². The molecule has 0 aliphatic heterocycles. The second-order valence-electron chi connectivity index (χ2n) is 2.41. The summed E-state index contributed by atoms with van der Waals surface area (Å²) in [6, 6.07) is 3.26. The van der Waals surface area contributed by atoms with Crippen molar-refractivity contribution in [3.05, 3.63) is 23.5 Å². The maximum absolute atomic E-state index is 10.2. The predicted molar refractivity (Wildman–Crippen MR) is 48.7 cm³/mol. The topological polar surface area (TPSA) is 55.1 Å². The first-order valence-electron chi connectivity index (χ1n) is 3.54. The second-order valence-corrected chi connectivity index (χ2v) is 2.82. The fourth-order valence-electron chi connectivity index (χ4n) is 1.05. The summed E-state index contributed by atoms with van der Waals surface area (Å²) < 4.78 is 5.03. The monoisotopic (exact) mass is 196 g/mol. The summed E-state index contributed by atoms with van der Waals surface area (Å²) >= 11 is 5.84. The van der Waals surface area contributed by atoms with E-state index in [1.54, 1.807) is 12.1 Å². The molecule has 5 heteroatoms. The first-order valence-corrected chi connectivity index (χ1v) is 3.92. The molecule has 1 aromatic carbocycles. The van der Waals surface area contributed by atoms with Crippen LogP contribution < -0.4 is 5.32 Å². The maximum Gasteiger partial charge on any atom is 0.211 e. The minimum Gasteiger partial charge on any atom is -0.443 e. The van der Waals surface area contributed by atoms with Crippen molar-refractivity contribution in [2.75, 3.05) is 5.32 Å². The number of fused-ring (bicyclic) bond motifs is 1. The summed E-state index contributed by atoms with van der Waals surface area (Å²) in [7, 11) is 0. The zero-order chi connectivity index (χ0) is 9.26. The number of nitrogens with one attached hydrogen (secondary N) is 1. The van der Waals surface area contributed by atoms with Gasteiger partial charge in [-0.1, -0.05) is 11.6 Å². The molecule has 1 N–H and O–H groups in total. The molecule has 0 bridgehead atoms. The number of carbonyl (C=O) groups excluding carboxylic acids is 1. The van der Waals surface area contributed by atoms with Gasteiger partial charge in [0.15, 0.2) is 12.0 Å². The van der Waals surface area contributed by atoms with Crippen LogP contribution in [0.3, 0.4) is 0 Å². The highest BCUT2D eigenvalue weighted by Crippen LogP contribution is 2.26. The maximum atomic E-state index is 10.2. The van der Waals surface area contributed by atoms with Gasteiger partial charge >= 0.3 is 0 Å². The molecular formula is C8H5ClN2O2. The molecule has 2 aromatic rings. The molecule has 0 saturated carbocycles. The predicted octanol–water partition coefficient (Wildman–Crippen LogP) is 2.05. The van der Waals surface area contributed by atoms with Gasteiger partial charge in [0.05, 0.1) is 10.7 Å². The number of nitrogens with zero attached hydrogens (tertiary/aromatic N) is 1. The summed E-state index contributed by atoms with van der Waals surface area (Å²) in [6.07, 6.45) is 1.88. The number of hydrogen-bond donors (Lipinski definition) is 1. The van der Waals surface area contributed by atoms with Gasteiger partial charge in [-0.05, 0) is 6.07 Å². The van der Waals surface area contributed by atoms with Crippen LogP contribution in [0.4, 0.5) is 5.69 Å². The van der Waals surface area contributed by atoms with Crippen molar-refractivity contribution in [1.29, 1.82) is 0 Å². The van der Waals surface area contributed by atoms with Crippen LogP contribution in [0.2, 0.25) is 5.02 Å². The molecule has 4 nitrogen and oxygen atoms in total. The molecule has 0 unspecified atom stereocenters. The highest BCUT2D eigenvalue weighted by molar-refractivity contribution is 6.34. The van der Waals surface area contributed by atoms with E-state index in [4.69, 9.17) is 16.0 Å². The molecule has 0 atom stereocenters. The molecule has 13 heavy (non-hydrogen) atoms. The Bertz CT molecular complexity index is 452. The Labute approximate surface area is 78.5 Å². The number of amides is 1. The summed E-state index contributed by atoms with van der Waals surface area (Å²) in [5.74, 6) is 0. The number of aromatic nitrogens is 1. The van der Waals surface area contributed by atoms with Gasteiger partial charge in [0.2, 0.25) is 6.41 Å². The third-order valence-corrected chi connectivity index (χ3v) is 1.95. The Morgan fingerprint density at radius 2 is 2.38 bits per heavy atom. The van der Waals surface area contributed by atoms with Crippen LogP contribution in [0.1, 0.15) is 0 Å². The van der Waals surface area contributed by atoms with E-state index in [0.29, 0.717) is 28.2 Å². The van der Waals surface area contributed by atoms with Crippen molar-refractivity contribution < 1.29 is 9.21 Å². The minimum atomic E-state index is 0.438. The minimum absolute atomic E-state index is 0.438. The summed E-state index contributed by atoms with van der Waals surface area (Å²) in [5.41, 5.74) is 1.77. The zero-order valence-electron chi connectivity index (χ0n) is 6.45. The van der Waals surface area contributed by atoms with Gasteiger partial charge in [0.1, 0.15) is 5.52 Å². The van der Waals surface area contributed by atoms with E-state index in [-0.39, 0.29) is 0 Å². The highest BCUT2D eigenvalue weighted by Gasteiger charge is 2.04. The van der Waals surface area contributed by atoms with Crippen LogP contribution in [-0.2, 0) is 4.79 Å². The van der Waals surface area contributed by atoms with Gasteiger partial charge in [-0.2, -0.15) is 0 Å². The fourth-order valence-corrected chi connectivity index (χ4v) is 1.26. The Kier molecular flexibility index (Phi) is 1.90. The van der Waals surface area contributed by atoms with Crippen molar-refractivity contribution >= 4 is 34.8 Å². The van der Waals surface area contributed by atoms with Crippen molar-refractivity contribution in [3.8, 4) is 0 Å². The Hall–Kier alpha value is -1.55. The lowest BCUT2D eigenvalue weighted by atomic mass is 10.3. The molecule has 0 fully saturated rings. The Morgan fingerprint density at radius 3 is 3.15 bits per heavy atom. The molecule has 1 heterocycles. The normalized spacial score (nSPS) is 10.2. The van der Waals surface area contributed by atoms with Crippen LogP contribution in [0.5, 0.6) is 0 Å². The molecule has 0 radical (unpaired) electrons. The quantitative estimate of drug-likeness (QED) is 0.748. The number of benzene rings is 1. The summed E-state index contributed by atoms with van der Waals surface area (Å²) in [6.45, 7) is 0. The van der Waals surface area contributed by atoms with Crippen LogP contribution in [0.25, 0.3) is 11.1 Å². The number of rotatable bonds is 2. The summed E-state index contributed by atoms with van der Waals surface area (Å²) in [5, 5.41) is 2.90. The number of oxazole rings is 1. The van der Waals surface area contributed by atoms with Crippen LogP contribution in [0, 0.1) is 0 Å². The van der Waals surface area contributed by atoms with Crippen molar-refractivity contribution in [3.63, 3.8) is 0 Å². The first-order chi connectivity index (χ1) is 6.31. The molecular weight excluding hydrogens is 192 g/mol. The van der Waals surface area contributed by atoms with E-state index in [0.717, 1.165) is 0 Å². The van der Waals surface area contributed by atoms with E-state index in [2.05, 4.69) is 10.3 Å². The lowest BCUT2D eigenvalue weighted by molar-refractivity contribution is -0.105. The average Bonchev–Trinajstić information content (AvgIpc) is 2.52. The van der Waals surface area contributed by atoms with E-state index < -0.39 is 0 Å². The van der Waals surface area contributed by atoms with Gasteiger partial charge in [-0.3, -0.25) is 4.79 Å². The Morgan fingerprint density at radius 1 is 1.54 bits per heavy atom. The standard InChI is InChI=1S/C8H5ClN2O2/c9-5-1-7-8(13-4-11-7)2-6(5)10-3-12/h1-4H,(H,10,12). The summed E-state index contributed by atoms with van der Waals surface area (Å²) in [4.78, 5) is 14.1. The molecule has 1 aromatic heterocycles. The fraction of sp³-hybridized carbons (Fsp3) is 0. The SMILES string of the molecule is O=CNc1cc2ocnc2cc1Cl. The van der Waals surface area contributed by atoms with Crippen LogP contribution >= 0.6 is 11.6 Å². The molecule has 0 aliphatic carbocycles. The van der Waals surface area contributed by atoms with Gasteiger partial charge in [0.25, 0.3) is 0 Å². The van der Waals surface area contributed by atoms with Gasteiger partial charge in [-0.15, -0.1) is 0 Å². The number of halogens is 1. The van der Waals surface area contributed by atoms with Gasteiger partial charge < -0.3 is 9.73 Å². The highest BCUT2D eigenvalue weighted by atomic mass is 35.5. The molecule has 0 spiro atoms. The van der Waals surface area contributed by atoms with Crippen molar-refractivity contribution in [2.45, 2.75) is 0 Å². The third kappa shape index (κ3) is 1.36. The molecule has 66 valence electrons. The molecule has 1 amide bonds. The van der Waals surface area contributed by atoms with Crippen molar-refractivity contribution in [1.82, 2.24) is 4.98 Å². The van der Waals surface area contributed by atoms with Gasteiger partial charge in [-0.25, -0.2) is 4.98 Å². The van der Waals surface area contributed by atoms with Crippen molar-refractivity contribution in [2.24, 2.45) is 0 Å². The number of carbonyl (C=O) groups is 1. The number of hydrogen-bond acceptors (Lipinski definition) is 3. The first kappa shape index (κ1) is 8.07. The van der Waals surface area contributed by atoms with Crippen LogP contribution in [0.15, 0.2) is 22.9 Å². The zero-order valence-corrected chi connectivity index (χ0v) is 7.21. The van der Waals surface area contributed by atoms with E-state index >= 15 is 0 Å². The molecule has 2 rings (SSSR count). The number of anilines is 1. The largest absolute Gasteiger partial charge is 0.443 e. The lowest BCUT2D eigenvalue weighted by Crippen LogP contribution is -1.93. The third-order valence-electron chi connectivity index (χ3n) is 1.63. The molecule has 0 saturated heterocycles. The lowest BCUT2D eigenvalue weighted by Gasteiger charge is -1.99. The second kappa shape index (κ2) is 3.06. The average molecular weight is 197 g/mol. The van der Waals surface area contributed by atoms with E-state index in [9.17, 15) is 4.79 Å². The molecule has 0 aliphatic rings. The Balaban J connectivity index is 2.62.